The van der Waals surface area contributed by atoms with Crippen LogP contribution in [0.1, 0.15) is 36.0 Å². The maximum atomic E-state index is 11.5. The average Bonchev–Trinajstić information content (AvgIpc) is 3.01. The number of pyridine rings is 1. The number of nitrogens with two attached hydrogens (primary N) is 1. The number of piperidine rings is 1. The van der Waals surface area contributed by atoms with Crippen LogP contribution in [0.2, 0.25) is 0 Å². The van der Waals surface area contributed by atoms with Crippen LogP contribution in [0.5, 0.6) is 0 Å². The quantitative estimate of drug-likeness (QED) is 0.867. The first-order valence-electron chi connectivity index (χ1n) is 7.49. The zero-order chi connectivity index (χ0) is 13.9. The summed E-state index contributed by atoms with van der Waals surface area (Å²) in [5.41, 5.74) is 5.99. The van der Waals surface area contributed by atoms with Crippen molar-refractivity contribution >= 4 is 11.7 Å². The van der Waals surface area contributed by atoms with Crippen LogP contribution in [0.3, 0.4) is 0 Å². The van der Waals surface area contributed by atoms with Crippen molar-refractivity contribution in [3.05, 3.63) is 23.9 Å². The van der Waals surface area contributed by atoms with E-state index in [-0.39, 0.29) is 0 Å². The number of amides is 1. The van der Waals surface area contributed by atoms with Crippen molar-refractivity contribution in [2.45, 2.75) is 31.7 Å². The molecule has 3 heterocycles. The predicted octanol–water partition coefficient (Wildman–Crippen LogP) is 1.15. The largest absolute Gasteiger partial charge is 0.365 e. The van der Waals surface area contributed by atoms with Crippen molar-refractivity contribution in [2.75, 3.05) is 24.5 Å². The van der Waals surface area contributed by atoms with E-state index in [9.17, 15) is 4.79 Å². The molecule has 20 heavy (non-hydrogen) atoms. The summed E-state index contributed by atoms with van der Waals surface area (Å²) in [4.78, 5) is 18.2. The summed E-state index contributed by atoms with van der Waals surface area (Å²) in [5, 5.41) is 3.60. The van der Waals surface area contributed by atoms with Crippen LogP contribution in [0.4, 0.5) is 5.82 Å². The topological polar surface area (TPSA) is 71.2 Å². The third-order valence-electron chi connectivity index (χ3n) is 4.48. The van der Waals surface area contributed by atoms with Gasteiger partial charge in [0, 0.05) is 25.3 Å². The van der Waals surface area contributed by atoms with Crippen molar-refractivity contribution in [1.82, 2.24) is 10.3 Å². The van der Waals surface area contributed by atoms with Gasteiger partial charge in [0.25, 0.3) is 5.91 Å². The molecule has 3 rings (SSSR count). The highest BCUT2D eigenvalue weighted by molar-refractivity contribution is 5.97. The Labute approximate surface area is 119 Å². The van der Waals surface area contributed by atoms with E-state index in [2.05, 4.69) is 15.2 Å². The second-order valence-electron chi connectivity index (χ2n) is 5.79. The highest BCUT2D eigenvalue weighted by atomic mass is 16.1. The Morgan fingerprint density at radius 1 is 1.40 bits per heavy atom. The van der Waals surface area contributed by atoms with Gasteiger partial charge in [-0.2, -0.15) is 0 Å². The molecule has 0 aliphatic carbocycles. The third-order valence-corrected chi connectivity index (χ3v) is 4.48. The number of rotatable bonds is 3. The van der Waals surface area contributed by atoms with E-state index in [1.807, 2.05) is 0 Å². The zero-order valence-corrected chi connectivity index (χ0v) is 11.7. The number of primary amides is 1. The van der Waals surface area contributed by atoms with Crippen LogP contribution in [-0.4, -0.2) is 36.6 Å². The molecule has 0 aromatic carbocycles. The molecule has 2 aliphatic rings. The Balaban J connectivity index is 1.78. The summed E-state index contributed by atoms with van der Waals surface area (Å²) in [6.45, 7) is 3.06. The molecule has 108 valence electrons. The molecule has 0 spiro atoms. The van der Waals surface area contributed by atoms with E-state index in [4.69, 9.17) is 5.73 Å². The zero-order valence-electron chi connectivity index (χ0n) is 11.7. The molecule has 1 aromatic rings. The summed E-state index contributed by atoms with van der Waals surface area (Å²) >= 11 is 0. The molecule has 1 aromatic heterocycles. The van der Waals surface area contributed by atoms with E-state index in [1.54, 1.807) is 18.3 Å². The Kier molecular flexibility index (Phi) is 3.87. The van der Waals surface area contributed by atoms with E-state index < -0.39 is 5.91 Å². The van der Waals surface area contributed by atoms with Crippen LogP contribution < -0.4 is 16.0 Å². The number of aromatic nitrogens is 1. The van der Waals surface area contributed by atoms with Gasteiger partial charge >= 0.3 is 0 Å². The summed E-state index contributed by atoms with van der Waals surface area (Å²) < 4.78 is 0. The minimum absolute atomic E-state index is 0.394. The smallest absolute Gasteiger partial charge is 0.252 e. The number of anilines is 1. The monoisotopic (exact) mass is 274 g/mol. The molecule has 2 aliphatic heterocycles. The molecule has 2 fully saturated rings. The molecule has 2 atom stereocenters. The van der Waals surface area contributed by atoms with Crippen LogP contribution in [0.25, 0.3) is 0 Å². The standard InChI is InChI=1S/C15H22N4O/c16-14(20)12-5-1-8-18-15(12)19-9-3-4-11(10-19)13-6-2-7-17-13/h1,5,8,11,13,17H,2-4,6-7,9-10H2,(H2,16,20). The summed E-state index contributed by atoms with van der Waals surface area (Å²) in [7, 11) is 0. The lowest BCUT2D eigenvalue weighted by Crippen LogP contribution is -2.44. The van der Waals surface area contributed by atoms with Gasteiger partial charge in [-0.15, -0.1) is 0 Å². The Morgan fingerprint density at radius 2 is 2.30 bits per heavy atom. The highest BCUT2D eigenvalue weighted by Crippen LogP contribution is 2.28. The Morgan fingerprint density at radius 3 is 3.05 bits per heavy atom. The van der Waals surface area contributed by atoms with E-state index in [0.717, 1.165) is 31.9 Å². The van der Waals surface area contributed by atoms with Gasteiger partial charge < -0.3 is 16.0 Å². The third kappa shape index (κ3) is 2.63. The van der Waals surface area contributed by atoms with Gasteiger partial charge in [0.05, 0.1) is 5.56 Å². The van der Waals surface area contributed by atoms with Crippen molar-refractivity contribution in [3.63, 3.8) is 0 Å². The van der Waals surface area contributed by atoms with Crippen LogP contribution in [0, 0.1) is 5.92 Å². The van der Waals surface area contributed by atoms with Crippen molar-refractivity contribution in [1.29, 1.82) is 0 Å². The van der Waals surface area contributed by atoms with Gasteiger partial charge in [0.2, 0.25) is 0 Å². The molecular formula is C15H22N4O. The number of carbonyl (C=O) groups excluding carboxylic acids is 1. The molecule has 2 unspecified atom stereocenters. The number of hydrogen-bond acceptors (Lipinski definition) is 4. The number of hydrogen-bond donors (Lipinski definition) is 2. The Hall–Kier alpha value is -1.62. The minimum Gasteiger partial charge on any atom is -0.365 e. The molecule has 1 amide bonds. The fourth-order valence-electron chi connectivity index (χ4n) is 3.49. The van der Waals surface area contributed by atoms with Gasteiger partial charge in [-0.25, -0.2) is 4.98 Å². The number of nitrogens with zero attached hydrogens (tertiary/aromatic N) is 2. The van der Waals surface area contributed by atoms with Gasteiger partial charge in [-0.1, -0.05) is 0 Å². The molecule has 0 radical (unpaired) electrons. The normalized spacial score (nSPS) is 26.7. The predicted molar refractivity (Wildman–Crippen MR) is 78.7 cm³/mol. The first-order chi connectivity index (χ1) is 9.75. The molecule has 2 saturated heterocycles. The lowest BCUT2D eigenvalue weighted by Gasteiger charge is -2.37. The van der Waals surface area contributed by atoms with Crippen LogP contribution in [-0.2, 0) is 0 Å². The van der Waals surface area contributed by atoms with Gasteiger partial charge in [0.15, 0.2) is 0 Å². The maximum absolute atomic E-state index is 11.5. The summed E-state index contributed by atoms with van der Waals surface area (Å²) in [5.74, 6) is 1.01. The molecule has 5 heteroatoms. The fraction of sp³-hybridized carbons (Fsp3) is 0.600. The first kappa shape index (κ1) is 13.4. The van der Waals surface area contributed by atoms with Crippen molar-refractivity contribution in [3.8, 4) is 0 Å². The Bertz CT molecular complexity index is 485. The maximum Gasteiger partial charge on any atom is 0.252 e. The van der Waals surface area contributed by atoms with Gasteiger partial charge in [-0.05, 0) is 50.3 Å². The molecule has 3 N–H and O–H groups in total. The second kappa shape index (κ2) is 5.79. The van der Waals surface area contributed by atoms with Gasteiger partial charge in [0.1, 0.15) is 5.82 Å². The van der Waals surface area contributed by atoms with Gasteiger partial charge in [-0.3, -0.25) is 4.79 Å². The van der Waals surface area contributed by atoms with Crippen LogP contribution >= 0.6 is 0 Å². The molecular weight excluding hydrogens is 252 g/mol. The number of carbonyl (C=O) groups is 1. The lowest BCUT2D eigenvalue weighted by atomic mass is 9.89. The SMILES string of the molecule is NC(=O)c1cccnc1N1CCCC(C2CCCN2)C1. The first-order valence-corrected chi connectivity index (χ1v) is 7.49. The van der Waals surface area contributed by atoms with Crippen molar-refractivity contribution in [2.24, 2.45) is 11.7 Å². The number of nitrogens with one attached hydrogen (secondary N) is 1. The summed E-state index contributed by atoms with van der Waals surface area (Å²) in [6, 6.07) is 4.16. The average molecular weight is 274 g/mol. The van der Waals surface area contributed by atoms with Crippen molar-refractivity contribution < 1.29 is 4.79 Å². The highest BCUT2D eigenvalue weighted by Gasteiger charge is 2.30. The van der Waals surface area contributed by atoms with Crippen LogP contribution in [0.15, 0.2) is 18.3 Å². The second-order valence-corrected chi connectivity index (χ2v) is 5.79. The van der Waals surface area contributed by atoms with E-state index in [0.29, 0.717) is 17.5 Å². The van der Waals surface area contributed by atoms with E-state index in [1.165, 1.54) is 19.3 Å². The lowest BCUT2D eigenvalue weighted by molar-refractivity contribution is 0.100. The fourth-order valence-corrected chi connectivity index (χ4v) is 3.49. The summed E-state index contributed by atoms with van der Waals surface area (Å²) in [6.07, 6.45) is 6.68. The molecule has 5 nitrogen and oxygen atoms in total. The molecule has 0 saturated carbocycles. The van der Waals surface area contributed by atoms with E-state index >= 15 is 0 Å². The molecule has 0 bridgehead atoms. The minimum atomic E-state index is -0.394.